The first kappa shape index (κ1) is 20.9. The summed E-state index contributed by atoms with van der Waals surface area (Å²) >= 11 is 0. The van der Waals surface area contributed by atoms with Crippen LogP contribution in [-0.4, -0.2) is 16.1 Å². The van der Waals surface area contributed by atoms with Crippen LogP contribution in [0.1, 0.15) is 37.0 Å². The number of carbonyl (C=O) groups excluding carboxylic acids is 1. The van der Waals surface area contributed by atoms with Crippen LogP contribution >= 0.6 is 0 Å². The number of hydrogen-bond acceptors (Lipinski definition) is 4. The van der Waals surface area contributed by atoms with Crippen LogP contribution in [0.3, 0.4) is 0 Å². The minimum Gasteiger partial charge on any atom is -0.454 e. The fourth-order valence-electron chi connectivity index (χ4n) is 2.19. The summed E-state index contributed by atoms with van der Waals surface area (Å²) in [6.45, 7) is 4.36. The first-order valence-electron chi connectivity index (χ1n) is 8.74. The van der Waals surface area contributed by atoms with Gasteiger partial charge in [-0.2, -0.15) is 5.10 Å². The second-order valence-electron chi connectivity index (χ2n) is 5.92. The van der Waals surface area contributed by atoms with E-state index in [2.05, 4.69) is 24.0 Å². The average molecular weight is 388 g/mol. The number of nitrogens with zero attached hydrogens (tertiary/aromatic N) is 1. The second kappa shape index (κ2) is 9.50. The predicted molar refractivity (Wildman–Crippen MR) is 104 cm³/mol. The normalized spacial score (nSPS) is 10.1. The highest BCUT2D eigenvalue weighted by Gasteiger charge is 2.17. The molecule has 8 heteroatoms. The van der Waals surface area contributed by atoms with E-state index in [0.29, 0.717) is 17.0 Å². The number of primary amides is 1. The number of ether oxygens (including phenoxy) is 1. The number of hydrogen-bond donors (Lipinski definition) is 3. The second-order valence-corrected chi connectivity index (χ2v) is 5.92. The Hall–Kier alpha value is -3.42. The molecule has 3 rings (SSSR count). The van der Waals surface area contributed by atoms with Gasteiger partial charge in [0.05, 0.1) is 5.69 Å². The van der Waals surface area contributed by atoms with Gasteiger partial charge in [-0.1, -0.05) is 26.7 Å². The number of H-pyrrole nitrogens is 1. The van der Waals surface area contributed by atoms with Gasteiger partial charge in [0.15, 0.2) is 17.4 Å². The summed E-state index contributed by atoms with van der Waals surface area (Å²) in [5, 5.41) is 6.40. The SMILES string of the molecule is CCCC.NC(=O)c1c(N)n[nH]c1-c1ccc(Oc2ccc(F)cc2F)cc1. The van der Waals surface area contributed by atoms with E-state index < -0.39 is 17.5 Å². The molecule has 5 N–H and O–H groups in total. The molecule has 0 spiro atoms. The molecule has 0 atom stereocenters. The number of nitrogen functional groups attached to an aromatic ring is 1. The summed E-state index contributed by atoms with van der Waals surface area (Å²) in [6, 6.07) is 9.38. The van der Waals surface area contributed by atoms with Crippen LogP contribution in [0.4, 0.5) is 14.6 Å². The minimum atomic E-state index is -0.809. The van der Waals surface area contributed by atoms with Crippen LogP contribution in [0.2, 0.25) is 0 Å². The molecule has 0 saturated carbocycles. The number of amides is 1. The van der Waals surface area contributed by atoms with E-state index in [-0.39, 0.29) is 17.1 Å². The number of benzene rings is 2. The van der Waals surface area contributed by atoms with E-state index in [1.165, 1.54) is 18.9 Å². The summed E-state index contributed by atoms with van der Waals surface area (Å²) < 4.78 is 31.8. The highest BCUT2D eigenvalue weighted by Crippen LogP contribution is 2.29. The van der Waals surface area contributed by atoms with Crippen molar-refractivity contribution >= 4 is 11.7 Å². The van der Waals surface area contributed by atoms with Crippen LogP contribution < -0.4 is 16.2 Å². The zero-order valence-electron chi connectivity index (χ0n) is 15.6. The lowest BCUT2D eigenvalue weighted by Gasteiger charge is -2.08. The standard InChI is InChI=1S/C16H12F2N4O2.C4H10/c17-9-3-6-12(11(18)7-9)24-10-4-1-8(2-5-10)14-13(16(20)23)15(19)22-21-14;1-3-4-2/h1-7H,(H2,20,23)(H3,19,21,22);3-4H2,1-2H3. The van der Waals surface area contributed by atoms with Gasteiger partial charge in [0.2, 0.25) is 0 Å². The molecule has 0 saturated heterocycles. The van der Waals surface area contributed by atoms with E-state index in [1.54, 1.807) is 24.3 Å². The largest absolute Gasteiger partial charge is 0.454 e. The molecule has 0 bridgehead atoms. The van der Waals surface area contributed by atoms with Gasteiger partial charge in [0, 0.05) is 11.6 Å². The quantitative estimate of drug-likeness (QED) is 0.592. The first-order valence-corrected chi connectivity index (χ1v) is 8.74. The van der Waals surface area contributed by atoms with Crippen molar-refractivity contribution in [2.45, 2.75) is 26.7 Å². The maximum absolute atomic E-state index is 13.6. The Morgan fingerprint density at radius 2 is 1.75 bits per heavy atom. The minimum absolute atomic E-state index is 0.00575. The Morgan fingerprint density at radius 1 is 1.11 bits per heavy atom. The van der Waals surface area contributed by atoms with E-state index in [9.17, 15) is 13.6 Å². The molecule has 0 radical (unpaired) electrons. The molecule has 0 unspecified atom stereocenters. The Morgan fingerprint density at radius 3 is 2.29 bits per heavy atom. The molecular formula is C20H22F2N4O2. The topological polar surface area (TPSA) is 107 Å². The fourth-order valence-corrected chi connectivity index (χ4v) is 2.19. The number of nitrogens with two attached hydrogens (primary N) is 2. The van der Waals surface area contributed by atoms with Crippen LogP contribution in [0, 0.1) is 11.6 Å². The van der Waals surface area contributed by atoms with Gasteiger partial charge >= 0.3 is 0 Å². The Kier molecular flexibility index (Phi) is 7.08. The van der Waals surface area contributed by atoms with Crippen molar-refractivity contribution in [3.63, 3.8) is 0 Å². The molecule has 0 aliphatic heterocycles. The van der Waals surface area contributed by atoms with Crippen molar-refractivity contribution in [2.24, 2.45) is 5.73 Å². The number of aromatic nitrogens is 2. The molecule has 148 valence electrons. The van der Waals surface area contributed by atoms with E-state index in [1.807, 2.05) is 0 Å². The van der Waals surface area contributed by atoms with Crippen LogP contribution in [0.15, 0.2) is 42.5 Å². The third-order valence-electron chi connectivity index (χ3n) is 3.81. The molecule has 1 amide bonds. The van der Waals surface area contributed by atoms with Crippen LogP contribution in [-0.2, 0) is 0 Å². The number of anilines is 1. The lowest BCUT2D eigenvalue weighted by molar-refractivity contribution is 0.100. The number of nitrogens with one attached hydrogen (secondary N) is 1. The number of aromatic amines is 1. The third-order valence-corrected chi connectivity index (χ3v) is 3.81. The Labute approximate surface area is 161 Å². The smallest absolute Gasteiger partial charge is 0.254 e. The van der Waals surface area contributed by atoms with Crippen molar-refractivity contribution in [2.75, 3.05) is 5.73 Å². The zero-order chi connectivity index (χ0) is 20.7. The van der Waals surface area contributed by atoms with Gasteiger partial charge in [-0.3, -0.25) is 9.89 Å². The van der Waals surface area contributed by atoms with Crippen molar-refractivity contribution in [3.8, 4) is 22.8 Å². The van der Waals surface area contributed by atoms with Gasteiger partial charge < -0.3 is 16.2 Å². The van der Waals surface area contributed by atoms with Crippen molar-refractivity contribution in [3.05, 3.63) is 59.7 Å². The highest BCUT2D eigenvalue weighted by molar-refractivity contribution is 6.03. The number of halogens is 2. The molecule has 6 nitrogen and oxygen atoms in total. The molecule has 0 aliphatic rings. The summed E-state index contributed by atoms with van der Waals surface area (Å²) in [7, 11) is 0. The Bertz CT molecular complexity index is 938. The number of carbonyl (C=O) groups is 1. The number of rotatable bonds is 5. The predicted octanol–water partition coefficient (Wildman–Crippen LogP) is 4.63. The van der Waals surface area contributed by atoms with E-state index >= 15 is 0 Å². The fraction of sp³-hybridized carbons (Fsp3) is 0.200. The highest BCUT2D eigenvalue weighted by atomic mass is 19.1. The summed E-state index contributed by atoms with van der Waals surface area (Å²) in [5.74, 6) is -1.97. The summed E-state index contributed by atoms with van der Waals surface area (Å²) in [4.78, 5) is 11.4. The zero-order valence-corrected chi connectivity index (χ0v) is 15.6. The molecule has 0 aliphatic carbocycles. The average Bonchev–Trinajstić information content (AvgIpc) is 3.06. The van der Waals surface area contributed by atoms with E-state index in [4.69, 9.17) is 16.2 Å². The van der Waals surface area contributed by atoms with Crippen molar-refractivity contribution in [1.82, 2.24) is 10.2 Å². The van der Waals surface area contributed by atoms with Crippen LogP contribution in [0.25, 0.3) is 11.3 Å². The van der Waals surface area contributed by atoms with Gasteiger partial charge in [0.1, 0.15) is 17.1 Å². The lowest BCUT2D eigenvalue weighted by Crippen LogP contribution is -2.13. The number of unbranched alkanes of at least 4 members (excludes halogenated alkanes) is 1. The molecule has 1 aromatic heterocycles. The van der Waals surface area contributed by atoms with Crippen LogP contribution in [0.5, 0.6) is 11.5 Å². The molecule has 0 fully saturated rings. The monoisotopic (exact) mass is 388 g/mol. The molecule has 1 heterocycles. The summed E-state index contributed by atoms with van der Waals surface area (Å²) in [5.41, 5.74) is 11.9. The first-order chi connectivity index (χ1) is 13.4. The Balaban J connectivity index is 0.000000640. The molecule has 3 aromatic rings. The van der Waals surface area contributed by atoms with E-state index in [0.717, 1.165) is 12.1 Å². The lowest BCUT2D eigenvalue weighted by atomic mass is 10.1. The molecule has 28 heavy (non-hydrogen) atoms. The maximum atomic E-state index is 13.6. The van der Waals surface area contributed by atoms with Gasteiger partial charge in [0.25, 0.3) is 5.91 Å². The van der Waals surface area contributed by atoms with Crippen molar-refractivity contribution in [1.29, 1.82) is 0 Å². The molecular weight excluding hydrogens is 366 g/mol. The van der Waals surface area contributed by atoms with Gasteiger partial charge in [-0.15, -0.1) is 0 Å². The van der Waals surface area contributed by atoms with Gasteiger partial charge in [-0.25, -0.2) is 8.78 Å². The maximum Gasteiger partial charge on any atom is 0.254 e. The molecule has 2 aromatic carbocycles. The van der Waals surface area contributed by atoms with Crippen molar-refractivity contribution < 1.29 is 18.3 Å². The van der Waals surface area contributed by atoms with Gasteiger partial charge in [-0.05, 0) is 36.4 Å². The summed E-state index contributed by atoms with van der Waals surface area (Å²) in [6.07, 6.45) is 2.64. The third kappa shape index (κ3) is 5.06.